The Bertz CT molecular complexity index is 1120. The minimum Gasteiger partial charge on any atom is -0.454 e. The molecule has 0 atom stereocenters. The number of halogens is 1. The summed E-state index contributed by atoms with van der Waals surface area (Å²) in [4.78, 5) is 12.6. The summed E-state index contributed by atoms with van der Waals surface area (Å²) in [6, 6.07) is 9.47. The fourth-order valence-corrected chi connectivity index (χ4v) is 4.99. The first-order valence-electron chi connectivity index (χ1n) is 9.10. The topological polar surface area (TPSA) is 97.4 Å². The highest BCUT2D eigenvalue weighted by Crippen LogP contribution is 2.22. The van der Waals surface area contributed by atoms with Gasteiger partial charge in [-0.1, -0.05) is 0 Å². The van der Waals surface area contributed by atoms with Crippen molar-refractivity contribution < 1.29 is 17.6 Å². The maximum Gasteiger partial charge on any atom is 0.291 e. The zero-order valence-corrected chi connectivity index (χ0v) is 17.8. The average Bonchev–Trinajstić information content (AvgIpc) is 3.45. The van der Waals surface area contributed by atoms with Gasteiger partial charge in [-0.05, 0) is 65.2 Å². The molecular formula is C19H19BrN4O4S. The van der Waals surface area contributed by atoms with Crippen molar-refractivity contribution in [2.45, 2.75) is 24.3 Å². The summed E-state index contributed by atoms with van der Waals surface area (Å²) < 4.78 is 34.7. The van der Waals surface area contributed by atoms with Crippen molar-refractivity contribution in [1.29, 1.82) is 0 Å². The first kappa shape index (κ1) is 19.9. The second-order valence-corrected chi connectivity index (χ2v) is 9.57. The maximum atomic E-state index is 12.6. The van der Waals surface area contributed by atoms with Crippen molar-refractivity contribution in [3.8, 4) is 0 Å². The molecule has 1 fully saturated rings. The summed E-state index contributed by atoms with van der Waals surface area (Å²) in [5.41, 5.74) is 0.490. The molecule has 1 N–H and O–H groups in total. The first-order chi connectivity index (χ1) is 13.9. The Morgan fingerprint density at radius 3 is 2.52 bits per heavy atom. The molecule has 0 radical (unpaired) electrons. The number of hydrogen-bond donors (Lipinski definition) is 1. The number of hydrogen-bond acceptors (Lipinski definition) is 5. The molecule has 1 aromatic carbocycles. The molecule has 8 nitrogen and oxygen atoms in total. The van der Waals surface area contributed by atoms with E-state index in [-0.39, 0.29) is 10.7 Å². The van der Waals surface area contributed by atoms with Gasteiger partial charge in [-0.15, -0.1) is 0 Å². The largest absolute Gasteiger partial charge is 0.454 e. The van der Waals surface area contributed by atoms with Gasteiger partial charge in [0.1, 0.15) is 5.76 Å². The highest BCUT2D eigenvalue weighted by atomic mass is 79.9. The van der Waals surface area contributed by atoms with E-state index in [1.165, 1.54) is 16.4 Å². The van der Waals surface area contributed by atoms with Crippen molar-refractivity contribution in [2.24, 2.45) is 0 Å². The standard InChI is InChI=1S/C19H19BrN4O4S/c20-14-11-21-23(12-14)13-16-5-8-18(28-16)19(25)22-15-3-6-17(7-4-15)29(26,27)24-9-1-2-10-24/h3-8,11-12H,1-2,9-10,13H2,(H,22,25). The summed E-state index contributed by atoms with van der Waals surface area (Å²) in [7, 11) is -3.47. The molecular weight excluding hydrogens is 460 g/mol. The van der Waals surface area contributed by atoms with Gasteiger partial charge in [-0.25, -0.2) is 8.42 Å². The van der Waals surface area contributed by atoms with Crippen LogP contribution >= 0.6 is 15.9 Å². The smallest absolute Gasteiger partial charge is 0.291 e. The lowest BCUT2D eigenvalue weighted by Crippen LogP contribution is -2.27. The minimum absolute atomic E-state index is 0.167. The molecule has 3 aromatic rings. The number of carbonyl (C=O) groups excluding carboxylic acids is 1. The molecule has 3 heterocycles. The van der Waals surface area contributed by atoms with Crippen molar-refractivity contribution in [2.75, 3.05) is 18.4 Å². The van der Waals surface area contributed by atoms with E-state index in [0.29, 0.717) is 31.1 Å². The Hall–Kier alpha value is -2.43. The number of benzene rings is 1. The van der Waals surface area contributed by atoms with Crippen LogP contribution in [0.1, 0.15) is 29.2 Å². The number of sulfonamides is 1. The lowest BCUT2D eigenvalue weighted by molar-refractivity contribution is 0.0994. The summed E-state index contributed by atoms with van der Waals surface area (Å²) in [5.74, 6) is 0.353. The van der Waals surface area contributed by atoms with Crippen LogP contribution in [0.25, 0.3) is 0 Å². The Morgan fingerprint density at radius 1 is 1.14 bits per heavy atom. The molecule has 4 rings (SSSR count). The Kier molecular flexibility index (Phi) is 5.57. The quantitative estimate of drug-likeness (QED) is 0.585. The highest BCUT2D eigenvalue weighted by molar-refractivity contribution is 9.10. The van der Waals surface area contributed by atoms with Crippen molar-refractivity contribution >= 4 is 37.5 Å². The normalized spacial score (nSPS) is 14.9. The number of nitrogens with one attached hydrogen (secondary N) is 1. The number of nitrogens with zero attached hydrogens (tertiary/aromatic N) is 3. The van der Waals surface area contributed by atoms with Gasteiger partial charge in [0.15, 0.2) is 5.76 Å². The van der Waals surface area contributed by atoms with Crippen LogP contribution in [0.5, 0.6) is 0 Å². The maximum absolute atomic E-state index is 12.6. The molecule has 152 valence electrons. The SMILES string of the molecule is O=C(Nc1ccc(S(=O)(=O)N2CCCC2)cc1)c1ccc(Cn2cc(Br)cn2)o1. The summed E-state index contributed by atoms with van der Waals surface area (Å²) in [5, 5.41) is 6.86. The van der Waals surface area contributed by atoms with E-state index in [9.17, 15) is 13.2 Å². The number of carbonyl (C=O) groups is 1. The molecule has 0 aliphatic carbocycles. The number of anilines is 1. The number of rotatable bonds is 6. The van der Waals surface area contributed by atoms with E-state index in [1.54, 1.807) is 41.3 Å². The average molecular weight is 479 g/mol. The van der Waals surface area contributed by atoms with Crippen LogP contribution in [-0.2, 0) is 16.6 Å². The lowest BCUT2D eigenvalue weighted by Gasteiger charge is -2.15. The molecule has 0 bridgehead atoms. The van der Waals surface area contributed by atoms with Gasteiger partial charge in [-0.3, -0.25) is 9.48 Å². The van der Waals surface area contributed by atoms with Gasteiger partial charge < -0.3 is 9.73 Å². The van der Waals surface area contributed by atoms with Gasteiger partial charge in [0, 0.05) is 25.0 Å². The minimum atomic E-state index is -3.47. The fourth-order valence-electron chi connectivity index (χ4n) is 3.15. The van der Waals surface area contributed by atoms with Crippen molar-refractivity contribution in [1.82, 2.24) is 14.1 Å². The van der Waals surface area contributed by atoms with E-state index in [1.807, 2.05) is 0 Å². The molecule has 0 spiro atoms. The third-order valence-electron chi connectivity index (χ3n) is 4.62. The molecule has 1 aliphatic rings. The van der Waals surface area contributed by atoms with E-state index in [0.717, 1.165) is 17.3 Å². The lowest BCUT2D eigenvalue weighted by atomic mass is 10.3. The van der Waals surface area contributed by atoms with Gasteiger partial charge in [-0.2, -0.15) is 9.40 Å². The van der Waals surface area contributed by atoms with Crippen LogP contribution in [0.15, 0.2) is 62.6 Å². The van der Waals surface area contributed by atoms with E-state index in [4.69, 9.17) is 4.42 Å². The second kappa shape index (κ2) is 8.13. The number of amides is 1. The Balaban J connectivity index is 1.41. The zero-order chi connectivity index (χ0) is 20.4. The van der Waals surface area contributed by atoms with Crippen LogP contribution in [-0.4, -0.2) is 41.5 Å². The molecule has 2 aromatic heterocycles. The summed E-state index contributed by atoms with van der Waals surface area (Å²) in [6.45, 7) is 1.51. The molecule has 29 heavy (non-hydrogen) atoms. The number of furan rings is 1. The van der Waals surface area contributed by atoms with Gasteiger partial charge >= 0.3 is 0 Å². The third kappa shape index (κ3) is 4.44. The van der Waals surface area contributed by atoms with E-state index < -0.39 is 15.9 Å². The molecule has 0 saturated carbocycles. The molecule has 1 aliphatic heterocycles. The van der Waals surface area contributed by atoms with Gasteiger partial charge in [0.05, 0.1) is 22.1 Å². The van der Waals surface area contributed by atoms with E-state index in [2.05, 4.69) is 26.3 Å². The van der Waals surface area contributed by atoms with Crippen molar-refractivity contribution in [3.05, 3.63) is 64.8 Å². The fraction of sp³-hybridized carbons (Fsp3) is 0.263. The monoisotopic (exact) mass is 478 g/mol. The van der Waals surface area contributed by atoms with Crippen molar-refractivity contribution in [3.63, 3.8) is 0 Å². The molecule has 1 saturated heterocycles. The predicted molar refractivity (Wildman–Crippen MR) is 110 cm³/mol. The summed E-state index contributed by atoms with van der Waals surface area (Å²) in [6.07, 6.45) is 5.25. The Labute approximate surface area is 176 Å². The molecule has 10 heteroatoms. The Morgan fingerprint density at radius 2 is 1.86 bits per heavy atom. The van der Waals surface area contributed by atoms with Crippen LogP contribution in [0.2, 0.25) is 0 Å². The van der Waals surface area contributed by atoms with Crippen LogP contribution in [0.4, 0.5) is 5.69 Å². The van der Waals surface area contributed by atoms with Crippen LogP contribution in [0.3, 0.4) is 0 Å². The number of aromatic nitrogens is 2. The second-order valence-electron chi connectivity index (χ2n) is 6.71. The molecule has 1 amide bonds. The van der Waals surface area contributed by atoms with Gasteiger partial charge in [0.25, 0.3) is 5.91 Å². The van der Waals surface area contributed by atoms with E-state index >= 15 is 0 Å². The molecule has 0 unspecified atom stereocenters. The highest BCUT2D eigenvalue weighted by Gasteiger charge is 2.27. The first-order valence-corrected chi connectivity index (χ1v) is 11.3. The third-order valence-corrected chi connectivity index (χ3v) is 6.94. The predicted octanol–water partition coefficient (Wildman–Crippen LogP) is 3.32. The van der Waals surface area contributed by atoms with Crippen LogP contribution < -0.4 is 5.32 Å². The zero-order valence-electron chi connectivity index (χ0n) is 15.4. The summed E-state index contributed by atoms with van der Waals surface area (Å²) >= 11 is 3.33. The van der Waals surface area contributed by atoms with Crippen LogP contribution in [0, 0.1) is 0 Å². The van der Waals surface area contributed by atoms with Gasteiger partial charge in [0.2, 0.25) is 10.0 Å².